The molecule has 3 nitrogen and oxygen atoms in total. The van der Waals surface area contributed by atoms with Gasteiger partial charge in [0.2, 0.25) is 0 Å². The Hall–Kier alpha value is -3.42. The highest BCUT2D eigenvalue weighted by molar-refractivity contribution is 7.11. The van der Waals surface area contributed by atoms with E-state index in [1.165, 1.54) is 16.9 Å². The quantitative estimate of drug-likeness (QED) is 0.414. The van der Waals surface area contributed by atoms with Gasteiger partial charge in [0, 0.05) is 5.38 Å². The van der Waals surface area contributed by atoms with Crippen LogP contribution in [0.1, 0.15) is 10.6 Å². The predicted octanol–water partition coefficient (Wildman–Crippen LogP) is 6.13. The van der Waals surface area contributed by atoms with Crippen molar-refractivity contribution in [2.24, 2.45) is 0 Å². The van der Waals surface area contributed by atoms with Gasteiger partial charge in [0.1, 0.15) is 16.8 Å². The third-order valence-corrected chi connectivity index (χ3v) is 4.83. The number of nitrogens with zero attached hydrogens (tertiary/aromatic N) is 2. The molecule has 2 aromatic heterocycles. The standard InChI is InChI=1S/C22H14N2OS/c23-14-19(22-24-20(15-26-22)21-7-4-12-25-21)13-16-8-10-18(11-9-16)17-5-2-1-3-6-17/h1-13,15H/b19-13+. The summed E-state index contributed by atoms with van der Waals surface area (Å²) in [6, 6.07) is 24.3. The van der Waals surface area contributed by atoms with Gasteiger partial charge in [0.25, 0.3) is 0 Å². The van der Waals surface area contributed by atoms with E-state index in [-0.39, 0.29) is 0 Å². The maximum absolute atomic E-state index is 9.54. The summed E-state index contributed by atoms with van der Waals surface area (Å²) < 4.78 is 5.36. The zero-order chi connectivity index (χ0) is 17.8. The van der Waals surface area contributed by atoms with Gasteiger partial charge in [-0.2, -0.15) is 5.26 Å². The van der Waals surface area contributed by atoms with Gasteiger partial charge in [-0.25, -0.2) is 4.98 Å². The number of hydrogen-bond acceptors (Lipinski definition) is 4. The molecule has 0 unspecified atom stereocenters. The predicted molar refractivity (Wildman–Crippen MR) is 105 cm³/mol. The molecule has 0 aliphatic carbocycles. The van der Waals surface area contributed by atoms with Crippen LogP contribution in [0.25, 0.3) is 34.2 Å². The normalized spacial score (nSPS) is 11.3. The summed E-state index contributed by atoms with van der Waals surface area (Å²) in [5, 5.41) is 12.1. The number of allylic oxidation sites excluding steroid dienone is 1. The molecule has 0 amide bonds. The molecule has 124 valence electrons. The Balaban J connectivity index is 1.61. The van der Waals surface area contributed by atoms with Crippen LogP contribution in [0.4, 0.5) is 0 Å². The van der Waals surface area contributed by atoms with E-state index >= 15 is 0 Å². The van der Waals surface area contributed by atoms with Crippen molar-refractivity contribution in [3.63, 3.8) is 0 Å². The molecular formula is C22H14N2OS. The van der Waals surface area contributed by atoms with E-state index in [1.54, 1.807) is 6.26 Å². The van der Waals surface area contributed by atoms with Gasteiger partial charge in [-0.3, -0.25) is 0 Å². The molecule has 0 atom stereocenters. The van der Waals surface area contributed by atoms with Crippen molar-refractivity contribution in [1.29, 1.82) is 5.26 Å². The average molecular weight is 354 g/mol. The first kappa shape index (κ1) is 16.1. The molecule has 0 radical (unpaired) electrons. The van der Waals surface area contributed by atoms with Crippen LogP contribution in [-0.2, 0) is 0 Å². The lowest BCUT2D eigenvalue weighted by Crippen LogP contribution is -1.83. The number of nitriles is 1. The molecule has 4 aromatic rings. The Labute approximate surface area is 155 Å². The first-order chi connectivity index (χ1) is 12.8. The molecule has 0 saturated heterocycles. The molecule has 4 rings (SSSR count). The SMILES string of the molecule is N#C/C(=C\c1ccc(-c2ccccc2)cc1)c1nc(-c2ccco2)cs1. The molecule has 26 heavy (non-hydrogen) atoms. The highest BCUT2D eigenvalue weighted by atomic mass is 32.1. The lowest BCUT2D eigenvalue weighted by Gasteiger charge is -2.02. The molecule has 0 aliphatic rings. The number of benzene rings is 2. The molecule has 0 spiro atoms. The summed E-state index contributed by atoms with van der Waals surface area (Å²) in [5.74, 6) is 0.706. The zero-order valence-electron chi connectivity index (χ0n) is 13.8. The van der Waals surface area contributed by atoms with Crippen molar-refractivity contribution in [3.05, 3.63) is 88.9 Å². The summed E-state index contributed by atoms with van der Waals surface area (Å²) in [4.78, 5) is 4.52. The number of thiazole rings is 1. The second-order valence-electron chi connectivity index (χ2n) is 5.67. The Morgan fingerprint density at radius 2 is 1.73 bits per heavy atom. The van der Waals surface area contributed by atoms with E-state index in [9.17, 15) is 5.26 Å². The number of furan rings is 1. The summed E-state index contributed by atoms with van der Waals surface area (Å²) in [6.07, 6.45) is 3.48. The molecule has 4 heteroatoms. The second-order valence-corrected chi connectivity index (χ2v) is 6.53. The van der Waals surface area contributed by atoms with Gasteiger partial charge < -0.3 is 4.42 Å². The first-order valence-electron chi connectivity index (χ1n) is 8.10. The molecule has 0 N–H and O–H groups in total. The van der Waals surface area contributed by atoms with E-state index < -0.39 is 0 Å². The second kappa shape index (κ2) is 7.22. The maximum atomic E-state index is 9.54. The summed E-state index contributed by atoms with van der Waals surface area (Å²) in [6.45, 7) is 0. The summed E-state index contributed by atoms with van der Waals surface area (Å²) in [5.41, 5.74) is 4.58. The molecule has 0 fully saturated rings. The lowest BCUT2D eigenvalue weighted by molar-refractivity contribution is 0.580. The molecular weight excluding hydrogens is 340 g/mol. The monoisotopic (exact) mass is 354 g/mol. The third-order valence-electron chi connectivity index (χ3n) is 3.96. The first-order valence-corrected chi connectivity index (χ1v) is 8.98. The van der Waals surface area contributed by atoms with Crippen LogP contribution in [0.3, 0.4) is 0 Å². The van der Waals surface area contributed by atoms with Gasteiger partial charge in [0.05, 0.1) is 11.8 Å². The fourth-order valence-electron chi connectivity index (χ4n) is 2.65. The largest absolute Gasteiger partial charge is 0.463 e. The van der Waals surface area contributed by atoms with E-state index in [4.69, 9.17) is 4.42 Å². The number of aromatic nitrogens is 1. The van der Waals surface area contributed by atoms with Crippen molar-refractivity contribution < 1.29 is 4.42 Å². The minimum absolute atomic E-state index is 0.542. The van der Waals surface area contributed by atoms with Crippen LogP contribution in [0.5, 0.6) is 0 Å². The lowest BCUT2D eigenvalue weighted by atomic mass is 10.0. The summed E-state index contributed by atoms with van der Waals surface area (Å²) >= 11 is 1.44. The highest BCUT2D eigenvalue weighted by Crippen LogP contribution is 2.28. The third kappa shape index (κ3) is 3.34. The molecule has 0 saturated carbocycles. The Kier molecular flexibility index (Phi) is 4.46. The summed E-state index contributed by atoms with van der Waals surface area (Å²) in [7, 11) is 0. The fourth-order valence-corrected chi connectivity index (χ4v) is 3.42. The van der Waals surface area contributed by atoms with Crippen molar-refractivity contribution in [3.8, 4) is 28.7 Å². The van der Waals surface area contributed by atoms with Crippen LogP contribution in [0.15, 0.2) is 82.8 Å². The van der Waals surface area contributed by atoms with Crippen LogP contribution >= 0.6 is 11.3 Å². The number of hydrogen-bond donors (Lipinski definition) is 0. The zero-order valence-corrected chi connectivity index (χ0v) is 14.6. The smallest absolute Gasteiger partial charge is 0.153 e. The van der Waals surface area contributed by atoms with E-state index in [0.717, 1.165) is 16.8 Å². The van der Waals surface area contributed by atoms with E-state index in [1.807, 2.05) is 53.9 Å². The van der Waals surface area contributed by atoms with Crippen LogP contribution < -0.4 is 0 Å². The van der Waals surface area contributed by atoms with Gasteiger partial charge in [-0.1, -0.05) is 54.6 Å². The van der Waals surface area contributed by atoms with Gasteiger partial charge in [-0.05, 0) is 34.9 Å². The average Bonchev–Trinajstić information content (AvgIpc) is 3.39. The molecule has 0 bridgehead atoms. The number of rotatable bonds is 4. The Morgan fingerprint density at radius 3 is 2.42 bits per heavy atom. The van der Waals surface area contributed by atoms with Gasteiger partial charge in [-0.15, -0.1) is 11.3 Å². The highest BCUT2D eigenvalue weighted by Gasteiger charge is 2.10. The van der Waals surface area contributed by atoms with Gasteiger partial charge >= 0.3 is 0 Å². The van der Waals surface area contributed by atoms with Crippen LogP contribution in [0.2, 0.25) is 0 Å². The Morgan fingerprint density at radius 1 is 0.962 bits per heavy atom. The minimum Gasteiger partial charge on any atom is -0.463 e. The fraction of sp³-hybridized carbons (Fsp3) is 0. The van der Waals surface area contributed by atoms with Crippen molar-refractivity contribution in [2.75, 3.05) is 0 Å². The Bertz CT molecular complexity index is 1070. The minimum atomic E-state index is 0.542. The van der Waals surface area contributed by atoms with Crippen molar-refractivity contribution in [1.82, 2.24) is 4.98 Å². The van der Waals surface area contributed by atoms with Crippen molar-refractivity contribution in [2.45, 2.75) is 0 Å². The molecule has 2 heterocycles. The maximum Gasteiger partial charge on any atom is 0.153 e. The topological polar surface area (TPSA) is 49.8 Å². The van der Waals surface area contributed by atoms with Crippen LogP contribution in [-0.4, -0.2) is 4.98 Å². The van der Waals surface area contributed by atoms with E-state index in [0.29, 0.717) is 16.3 Å². The molecule has 2 aromatic carbocycles. The van der Waals surface area contributed by atoms with Gasteiger partial charge in [0.15, 0.2) is 5.76 Å². The molecule has 0 aliphatic heterocycles. The van der Waals surface area contributed by atoms with E-state index in [2.05, 4.69) is 35.3 Å². The van der Waals surface area contributed by atoms with Crippen LogP contribution in [0, 0.1) is 11.3 Å². The van der Waals surface area contributed by atoms with Crippen molar-refractivity contribution >= 4 is 23.0 Å².